The summed E-state index contributed by atoms with van der Waals surface area (Å²) in [4.78, 5) is 2.56. The van der Waals surface area contributed by atoms with E-state index in [1.165, 1.54) is 12.8 Å². The maximum Gasteiger partial charge on any atom is 0.136 e. The highest BCUT2D eigenvalue weighted by Gasteiger charge is 2.32. The Hall–Kier alpha value is -1.61. The standard InChI is InChI=1S/C17H23N3O2/c1-21-17-8-13(2-3-14(17)9-18)10-19-11-16-12-20(6-7-22-16)15-4-5-15/h2-3,8,15-16,19H,4-7,10-12H2,1H3. The van der Waals surface area contributed by atoms with Gasteiger partial charge in [0.05, 0.1) is 25.4 Å². The normalized spacial score (nSPS) is 22.3. The lowest BCUT2D eigenvalue weighted by Crippen LogP contribution is -2.47. The molecule has 2 aliphatic rings. The van der Waals surface area contributed by atoms with Crippen molar-refractivity contribution in [3.63, 3.8) is 0 Å². The number of methoxy groups -OCH3 is 1. The van der Waals surface area contributed by atoms with Crippen LogP contribution in [0.1, 0.15) is 24.0 Å². The van der Waals surface area contributed by atoms with Gasteiger partial charge in [-0.05, 0) is 30.5 Å². The molecule has 3 rings (SSSR count). The molecule has 1 saturated heterocycles. The summed E-state index contributed by atoms with van der Waals surface area (Å²) in [5, 5.41) is 12.4. The number of hydrogen-bond donors (Lipinski definition) is 1. The summed E-state index contributed by atoms with van der Waals surface area (Å²) in [5.41, 5.74) is 1.69. The van der Waals surface area contributed by atoms with Gasteiger partial charge in [-0.2, -0.15) is 5.26 Å². The molecule has 1 saturated carbocycles. The van der Waals surface area contributed by atoms with Gasteiger partial charge in [0.25, 0.3) is 0 Å². The van der Waals surface area contributed by atoms with Gasteiger partial charge in [-0.25, -0.2) is 0 Å². The fourth-order valence-corrected chi connectivity index (χ4v) is 2.95. The SMILES string of the molecule is COc1cc(CNCC2CN(C3CC3)CCO2)ccc1C#N. The lowest BCUT2D eigenvalue weighted by molar-refractivity contribution is -0.0301. The highest BCUT2D eigenvalue weighted by Crippen LogP contribution is 2.28. The molecular formula is C17H23N3O2. The van der Waals surface area contributed by atoms with E-state index < -0.39 is 0 Å². The zero-order valence-electron chi connectivity index (χ0n) is 13.0. The molecule has 5 nitrogen and oxygen atoms in total. The summed E-state index contributed by atoms with van der Waals surface area (Å²) in [6.45, 7) is 4.56. The van der Waals surface area contributed by atoms with Crippen molar-refractivity contribution in [2.24, 2.45) is 0 Å². The minimum Gasteiger partial charge on any atom is -0.495 e. The monoisotopic (exact) mass is 301 g/mol. The third kappa shape index (κ3) is 3.77. The van der Waals surface area contributed by atoms with Crippen LogP contribution in [0.4, 0.5) is 0 Å². The van der Waals surface area contributed by atoms with E-state index in [0.717, 1.165) is 44.4 Å². The van der Waals surface area contributed by atoms with Crippen LogP contribution >= 0.6 is 0 Å². The second kappa shape index (κ2) is 7.10. The van der Waals surface area contributed by atoms with Crippen LogP contribution in [0.2, 0.25) is 0 Å². The molecule has 0 spiro atoms. The van der Waals surface area contributed by atoms with Crippen molar-refractivity contribution < 1.29 is 9.47 Å². The lowest BCUT2D eigenvalue weighted by atomic mass is 10.1. The quantitative estimate of drug-likeness (QED) is 0.863. The Kier molecular flexibility index (Phi) is 4.94. The van der Waals surface area contributed by atoms with Crippen LogP contribution in [0, 0.1) is 11.3 Å². The number of ether oxygens (including phenoxy) is 2. The smallest absolute Gasteiger partial charge is 0.136 e. The predicted octanol–water partition coefficient (Wildman–Crippen LogP) is 1.52. The van der Waals surface area contributed by atoms with Gasteiger partial charge < -0.3 is 14.8 Å². The van der Waals surface area contributed by atoms with Gasteiger partial charge in [0.1, 0.15) is 11.8 Å². The number of morpholine rings is 1. The predicted molar refractivity (Wildman–Crippen MR) is 83.8 cm³/mol. The molecule has 0 amide bonds. The molecule has 5 heteroatoms. The van der Waals surface area contributed by atoms with Crippen molar-refractivity contribution in [3.05, 3.63) is 29.3 Å². The maximum absolute atomic E-state index is 8.99. The molecule has 1 aliphatic carbocycles. The average molecular weight is 301 g/mol. The number of nitriles is 1. The summed E-state index contributed by atoms with van der Waals surface area (Å²) in [6, 6.07) is 8.64. The van der Waals surface area contributed by atoms with E-state index in [1.807, 2.05) is 18.2 Å². The first-order chi connectivity index (χ1) is 10.8. The number of hydrogen-bond acceptors (Lipinski definition) is 5. The molecule has 0 aromatic heterocycles. The van der Waals surface area contributed by atoms with E-state index in [2.05, 4.69) is 16.3 Å². The Bertz CT molecular complexity index is 551. The van der Waals surface area contributed by atoms with E-state index in [-0.39, 0.29) is 6.10 Å². The van der Waals surface area contributed by atoms with Crippen LogP contribution in [-0.4, -0.2) is 50.4 Å². The van der Waals surface area contributed by atoms with Crippen molar-refractivity contribution in [1.29, 1.82) is 5.26 Å². The Morgan fingerprint density at radius 1 is 1.45 bits per heavy atom. The topological polar surface area (TPSA) is 57.5 Å². The van der Waals surface area contributed by atoms with Crippen LogP contribution in [0.15, 0.2) is 18.2 Å². The third-order valence-corrected chi connectivity index (χ3v) is 4.32. The average Bonchev–Trinajstić information content (AvgIpc) is 3.40. The molecule has 1 aliphatic heterocycles. The van der Waals surface area contributed by atoms with Crippen molar-refractivity contribution in [1.82, 2.24) is 10.2 Å². The van der Waals surface area contributed by atoms with Gasteiger partial charge in [-0.15, -0.1) is 0 Å². The van der Waals surface area contributed by atoms with Crippen molar-refractivity contribution >= 4 is 0 Å². The first-order valence-corrected chi connectivity index (χ1v) is 7.93. The largest absolute Gasteiger partial charge is 0.495 e. The number of nitrogens with zero attached hydrogens (tertiary/aromatic N) is 2. The molecule has 1 heterocycles. The van der Waals surface area contributed by atoms with Gasteiger partial charge in [0.15, 0.2) is 0 Å². The summed E-state index contributed by atoms with van der Waals surface area (Å²) < 4.78 is 11.1. The minimum atomic E-state index is 0.273. The summed E-state index contributed by atoms with van der Waals surface area (Å²) in [5.74, 6) is 0.635. The van der Waals surface area contributed by atoms with Gasteiger partial charge >= 0.3 is 0 Å². The van der Waals surface area contributed by atoms with Gasteiger partial charge in [0, 0.05) is 32.2 Å². The van der Waals surface area contributed by atoms with Crippen LogP contribution in [-0.2, 0) is 11.3 Å². The summed E-state index contributed by atoms with van der Waals surface area (Å²) >= 11 is 0. The van der Waals surface area contributed by atoms with Crippen molar-refractivity contribution in [2.45, 2.75) is 31.5 Å². The molecule has 22 heavy (non-hydrogen) atoms. The number of benzene rings is 1. The molecule has 1 aromatic rings. The molecule has 118 valence electrons. The van der Waals surface area contributed by atoms with E-state index in [0.29, 0.717) is 11.3 Å². The van der Waals surface area contributed by atoms with Crippen molar-refractivity contribution in [3.8, 4) is 11.8 Å². The lowest BCUT2D eigenvalue weighted by Gasteiger charge is -2.33. The first-order valence-electron chi connectivity index (χ1n) is 7.93. The van der Waals surface area contributed by atoms with Crippen LogP contribution in [0.5, 0.6) is 5.75 Å². The zero-order chi connectivity index (χ0) is 15.4. The molecule has 1 aromatic carbocycles. The van der Waals surface area contributed by atoms with E-state index in [9.17, 15) is 0 Å². The number of rotatable bonds is 6. The number of nitrogens with one attached hydrogen (secondary N) is 1. The molecule has 1 N–H and O–H groups in total. The molecule has 1 unspecified atom stereocenters. The second-order valence-electron chi connectivity index (χ2n) is 6.00. The minimum absolute atomic E-state index is 0.273. The van der Waals surface area contributed by atoms with E-state index in [4.69, 9.17) is 14.7 Å². The molecule has 0 bridgehead atoms. The molecule has 0 radical (unpaired) electrons. The summed E-state index contributed by atoms with van der Waals surface area (Å²) in [6.07, 6.45) is 2.98. The Balaban J connectivity index is 1.47. The molecule has 2 fully saturated rings. The van der Waals surface area contributed by atoms with Gasteiger partial charge in [-0.1, -0.05) is 6.07 Å². The maximum atomic E-state index is 8.99. The summed E-state index contributed by atoms with van der Waals surface area (Å²) in [7, 11) is 1.59. The molecule has 1 atom stereocenters. The highest BCUT2D eigenvalue weighted by molar-refractivity contribution is 5.45. The Morgan fingerprint density at radius 2 is 2.32 bits per heavy atom. The molecular weight excluding hydrogens is 278 g/mol. The van der Waals surface area contributed by atoms with E-state index >= 15 is 0 Å². The van der Waals surface area contributed by atoms with E-state index in [1.54, 1.807) is 7.11 Å². The third-order valence-electron chi connectivity index (χ3n) is 4.32. The van der Waals surface area contributed by atoms with Crippen LogP contribution in [0.25, 0.3) is 0 Å². The fourth-order valence-electron chi connectivity index (χ4n) is 2.95. The fraction of sp³-hybridized carbons (Fsp3) is 0.588. The Morgan fingerprint density at radius 3 is 3.05 bits per heavy atom. The van der Waals surface area contributed by atoms with Crippen LogP contribution < -0.4 is 10.1 Å². The Labute approximate surface area is 131 Å². The van der Waals surface area contributed by atoms with Crippen LogP contribution in [0.3, 0.4) is 0 Å². The van der Waals surface area contributed by atoms with Crippen molar-refractivity contribution in [2.75, 3.05) is 33.4 Å². The first kappa shape index (κ1) is 15.3. The van der Waals surface area contributed by atoms with Gasteiger partial charge in [-0.3, -0.25) is 4.90 Å². The van der Waals surface area contributed by atoms with Gasteiger partial charge in [0.2, 0.25) is 0 Å². The zero-order valence-corrected chi connectivity index (χ0v) is 13.0. The highest BCUT2D eigenvalue weighted by atomic mass is 16.5. The second-order valence-corrected chi connectivity index (χ2v) is 6.00.